The summed E-state index contributed by atoms with van der Waals surface area (Å²) in [5, 5.41) is 2.78. The monoisotopic (exact) mass is 610 g/mol. The molecule has 216 valence electrons. The summed E-state index contributed by atoms with van der Waals surface area (Å²) in [6.07, 6.45) is 1.81. The van der Waals surface area contributed by atoms with Gasteiger partial charge in [-0.2, -0.15) is 0 Å². The Morgan fingerprint density at radius 1 is 1.02 bits per heavy atom. The maximum atomic E-state index is 13.9. The van der Waals surface area contributed by atoms with Crippen LogP contribution in [0.2, 0.25) is 5.02 Å². The SMILES string of the molecule is COC(=O)C1=C(C)N=c2s/c(=C\c3ccc(OCc4cccc5ccccc45)cc3)c(=O)n2[C@H]1c1cc(Cl)ccc1OC. The highest BCUT2D eigenvalue weighted by molar-refractivity contribution is 7.07. The largest absolute Gasteiger partial charge is 0.496 e. The van der Waals surface area contributed by atoms with E-state index in [0.29, 0.717) is 38.0 Å². The average molecular weight is 611 g/mol. The molecule has 0 unspecified atom stereocenters. The molecule has 7 nitrogen and oxygen atoms in total. The molecule has 1 atom stereocenters. The Kier molecular flexibility index (Phi) is 7.88. The summed E-state index contributed by atoms with van der Waals surface area (Å²) in [5.74, 6) is 0.624. The average Bonchev–Trinajstić information content (AvgIpc) is 3.33. The van der Waals surface area contributed by atoms with Gasteiger partial charge in [0.05, 0.1) is 30.0 Å². The summed E-state index contributed by atoms with van der Waals surface area (Å²) >= 11 is 7.60. The molecule has 0 amide bonds. The van der Waals surface area contributed by atoms with Crippen molar-refractivity contribution in [2.24, 2.45) is 4.99 Å². The minimum atomic E-state index is -0.829. The molecule has 0 radical (unpaired) electrons. The molecule has 1 aliphatic heterocycles. The molecule has 1 aliphatic rings. The van der Waals surface area contributed by atoms with Gasteiger partial charge in [-0.3, -0.25) is 9.36 Å². The summed E-state index contributed by atoms with van der Waals surface area (Å²) in [4.78, 5) is 31.9. The molecule has 0 spiro atoms. The number of aromatic nitrogens is 1. The van der Waals surface area contributed by atoms with Crippen LogP contribution in [0.3, 0.4) is 0 Å². The van der Waals surface area contributed by atoms with Gasteiger partial charge in [0.15, 0.2) is 4.80 Å². The van der Waals surface area contributed by atoms with Crippen molar-refractivity contribution >= 4 is 45.8 Å². The molecule has 0 fully saturated rings. The van der Waals surface area contributed by atoms with Crippen LogP contribution in [0.25, 0.3) is 16.8 Å². The lowest BCUT2D eigenvalue weighted by molar-refractivity contribution is -0.136. The number of hydrogen-bond acceptors (Lipinski definition) is 7. The standard InChI is InChI=1S/C34H27ClN2O5S/c1-20-30(33(39)41-3)31(27-18-24(35)13-16-28(27)40-2)37-32(38)29(43-34(37)36-20)17-21-11-14-25(15-12-21)42-19-23-9-6-8-22-7-4-5-10-26(22)23/h4-18,31H,19H2,1-3H3/b29-17-/t31-/m0/s1. The highest BCUT2D eigenvalue weighted by Crippen LogP contribution is 2.37. The molecule has 0 N–H and O–H groups in total. The Labute approximate surface area is 256 Å². The number of carbonyl (C=O) groups excluding carboxylic acids is 1. The van der Waals surface area contributed by atoms with Crippen LogP contribution < -0.4 is 24.4 Å². The van der Waals surface area contributed by atoms with Crippen LogP contribution in [0.4, 0.5) is 0 Å². The number of ether oxygens (including phenoxy) is 3. The Morgan fingerprint density at radius 3 is 2.56 bits per heavy atom. The van der Waals surface area contributed by atoms with Crippen LogP contribution in [0.15, 0.2) is 106 Å². The lowest BCUT2D eigenvalue weighted by Crippen LogP contribution is -2.40. The minimum Gasteiger partial charge on any atom is -0.496 e. The van der Waals surface area contributed by atoms with E-state index in [1.807, 2.05) is 48.5 Å². The van der Waals surface area contributed by atoms with Gasteiger partial charge in [0, 0.05) is 10.6 Å². The quantitative estimate of drug-likeness (QED) is 0.218. The van der Waals surface area contributed by atoms with E-state index in [2.05, 4.69) is 29.3 Å². The summed E-state index contributed by atoms with van der Waals surface area (Å²) in [7, 11) is 2.83. The molecule has 0 bridgehead atoms. The molecule has 2 heterocycles. The molecule has 0 saturated heterocycles. The summed E-state index contributed by atoms with van der Waals surface area (Å²) in [6.45, 7) is 2.17. The van der Waals surface area contributed by atoms with Gasteiger partial charge in [0.25, 0.3) is 5.56 Å². The van der Waals surface area contributed by atoms with Crippen LogP contribution >= 0.6 is 22.9 Å². The summed E-state index contributed by atoms with van der Waals surface area (Å²) in [6, 6.07) is 26.2. The van der Waals surface area contributed by atoms with E-state index in [0.717, 1.165) is 22.3 Å². The molecule has 1 aromatic heterocycles. The Bertz CT molecular complexity index is 2070. The van der Waals surface area contributed by atoms with E-state index in [4.69, 9.17) is 25.8 Å². The second-order valence-electron chi connectivity index (χ2n) is 9.96. The topological polar surface area (TPSA) is 79.1 Å². The van der Waals surface area contributed by atoms with Crippen molar-refractivity contribution in [1.29, 1.82) is 0 Å². The number of halogens is 1. The molecule has 6 rings (SSSR count). The zero-order chi connectivity index (χ0) is 30.1. The fraction of sp³-hybridized carbons (Fsp3) is 0.147. The van der Waals surface area contributed by atoms with Crippen molar-refractivity contribution in [3.63, 3.8) is 0 Å². The van der Waals surface area contributed by atoms with E-state index in [1.165, 1.54) is 35.5 Å². The third-order valence-corrected chi connectivity index (χ3v) is 8.58. The maximum absolute atomic E-state index is 13.9. The fourth-order valence-corrected chi connectivity index (χ4v) is 6.52. The molecule has 5 aromatic rings. The molecule has 9 heteroatoms. The Hall–Kier alpha value is -4.66. The number of allylic oxidation sites excluding steroid dienone is 1. The van der Waals surface area contributed by atoms with E-state index in [1.54, 1.807) is 25.1 Å². The first kappa shape index (κ1) is 28.5. The van der Waals surface area contributed by atoms with Crippen molar-refractivity contribution in [3.05, 3.63) is 138 Å². The Balaban J connectivity index is 1.35. The van der Waals surface area contributed by atoms with E-state index in [9.17, 15) is 9.59 Å². The van der Waals surface area contributed by atoms with Gasteiger partial charge in [-0.05, 0) is 65.2 Å². The lowest BCUT2D eigenvalue weighted by atomic mass is 9.95. The van der Waals surface area contributed by atoms with Crippen LogP contribution in [-0.2, 0) is 16.1 Å². The van der Waals surface area contributed by atoms with Gasteiger partial charge in [0.2, 0.25) is 0 Å². The van der Waals surface area contributed by atoms with Crippen LogP contribution in [0, 0.1) is 0 Å². The Morgan fingerprint density at radius 2 is 1.79 bits per heavy atom. The van der Waals surface area contributed by atoms with Gasteiger partial charge < -0.3 is 14.2 Å². The van der Waals surface area contributed by atoms with E-state index >= 15 is 0 Å². The maximum Gasteiger partial charge on any atom is 0.338 e. The lowest BCUT2D eigenvalue weighted by Gasteiger charge is -2.25. The summed E-state index contributed by atoms with van der Waals surface area (Å²) in [5.41, 5.74) is 2.90. The zero-order valence-electron chi connectivity index (χ0n) is 23.7. The first-order valence-electron chi connectivity index (χ1n) is 13.5. The molecular weight excluding hydrogens is 584 g/mol. The third kappa shape index (κ3) is 5.47. The van der Waals surface area contributed by atoms with Crippen molar-refractivity contribution in [1.82, 2.24) is 4.57 Å². The number of thiazole rings is 1. The number of rotatable bonds is 7. The highest BCUT2D eigenvalue weighted by atomic mass is 35.5. The molecule has 43 heavy (non-hydrogen) atoms. The number of esters is 1. The second-order valence-corrected chi connectivity index (χ2v) is 11.4. The zero-order valence-corrected chi connectivity index (χ0v) is 25.2. The van der Waals surface area contributed by atoms with Gasteiger partial charge in [-0.25, -0.2) is 9.79 Å². The van der Waals surface area contributed by atoms with Crippen molar-refractivity contribution in [2.45, 2.75) is 19.6 Å². The van der Waals surface area contributed by atoms with Gasteiger partial charge in [-0.15, -0.1) is 0 Å². The van der Waals surface area contributed by atoms with Crippen molar-refractivity contribution < 1.29 is 19.0 Å². The van der Waals surface area contributed by atoms with Gasteiger partial charge in [-0.1, -0.05) is 77.5 Å². The van der Waals surface area contributed by atoms with Crippen LogP contribution in [0.5, 0.6) is 11.5 Å². The number of fused-ring (bicyclic) bond motifs is 2. The summed E-state index contributed by atoms with van der Waals surface area (Å²) < 4.78 is 18.7. The number of nitrogens with zero attached hydrogens (tertiary/aromatic N) is 2. The fourth-order valence-electron chi connectivity index (χ4n) is 5.30. The van der Waals surface area contributed by atoms with E-state index in [-0.39, 0.29) is 11.1 Å². The van der Waals surface area contributed by atoms with Crippen LogP contribution in [0.1, 0.15) is 29.7 Å². The highest BCUT2D eigenvalue weighted by Gasteiger charge is 2.35. The normalized spacial score (nSPS) is 14.8. The first-order chi connectivity index (χ1) is 20.9. The van der Waals surface area contributed by atoms with Crippen LogP contribution in [-0.4, -0.2) is 24.8 Å². The molecule has 0 saturated carbocycles. The van der Waals surface area contributed by atoms with Crippen molar-refractivity contribution in [2.75, 3.05) is 14.2 Å². The number of carbonyl (C=O) groups is 1. The predicted molar refractivity (Wildman–Crippen MR) is 169 cm³/mol. The number of benzene rings is 4. The predicted octanol–water partition coefficient (Wildman–Crippen LogP) is 5.80. The first-order valence-corrected chi connectivity index (χ1v) is 14.7. The number of methoxy groups -OCH3 is 2. The second kappa shape index (κ2) is 11.9. The minimum absolute atomic E-state index is 0.245. The van der Waals surface area contributed by atoms with Gasteiger partial charge in [0.1, 0.15) is 24.1 Å². The smallest absolute Gasteiger partial charge is 0.338 e. The van der Waals surface area contributed by atoms with Gasteiger partial charge >= 0.3 is 5.97 Å². The molecular formula is C34H27ClN2O5S. The third-order valence-electron chi connectivity index (χ3n) is 7.37. The van der Waals surface area contributed by atoms with Crippen molar-refractivity contribution in [3.8, 4) is 11.5 Å². The number of hydrogen-bond donors (Lipinski definition) is 0. The molecule has 0 aliphatic carbocycles. The van der Waals surface area contributed by atoms with E-state index < -0.39 is 12.0 Å². The molecule has 4 aromatic carbocycles.